The largest absolute Gasteiger partial charge is 0.493 e. The average Bonchev–Trinajstić information content (AvgIpc) is 3.23. The van der Waals surface area contributed by atoms with E-state index < -0.39 is 45.1 Å². The Kier molecular flexibility index (Phi) is 20.6. The van der Waals surface area contributed by atoms with Gasteiger partial charge in [-0.15, -0.1) is 19.7 Å². The molecule has 1 aliphatic rings. The number of hydrogen-bond donors (Lipinski definition) is 2. The fourth-order valence-corrected chi connectivity index (χ4v) is 5.42. The molecule has 4 aromatic rings. The minimum absolute atomic E-state index is 0. The van der Waals surface area contributed by atoms with Gasteiger partial charge in [0.15, 0.2) is 23.0 Å². The number of aromatic nitrogens is 2. The zero-order chi connectivity index (χ0) is 43.8. The van der Waals surface area contributed by atoms with E-state index >= 15 is 0 Å². The third kappa shape index (κ3) is 15.8. The molecular weight excluding hydrogens is 910 g/mol. The second-order valence-corrected chi connectivity index (χ2v) is 13.0. The minimum Gasteiger partial charge on any atom is -0.493 e. The normalized spacial score (nSPS) is 12.2. The van der Waals surface area contributed by atoms with Gasteiger partial charge in [0.1, 0.15) is 23.0 Å². The van der Waals surface area contributed by atoms with Crippen molar-refractivity contribution in [2.24, 2.45) is 0 Å². The molecule has 0 spiro atoms. The highest BCUT2D eigenvalue weighted by Gasteiger charge is 2.36. The van der Waals surface area contributed by atoms with Gasteiger partial charge in [-0.2, -0.15) is 26.3 Å². The Morgan fingerprint density at radius 2 is 0.983 bits per heavy atom. The number of rotatable bonds is 14. The number of alkyl halides is 6. The zero-order valence-electron chi connectivity index (χ0n) is 32.5. The molecule has 1 fully saturated rings. The van der Waals surface area contributed by atoms with Gasteiger partial charge in [-0.05, 0) is 87.8 Å². The summed E-state index contributed by atoms with van der Waals surface area (Å²) in [5.74, 6) is 7.20. The topological polar surface area (TPSA) is 114 Å². The predicted octanol–water partition coefficient (Wildman–Crippen LogP) is 10.0. The number of hydrogen-bond acceptors (Lipinski definition) is 11. The minimum atomic E-state index is -4.52. The number of pyridine rings is 2. The molecule has 0 aliphatic carbocycles. The molecule has 2 N–H and O–H groups in total. The molecule has 2 aromatic carbocycles. The maximum absolute atomic E-state index is 12.9. The predicted molar refractivity (Wildman–Crippen MR) is 233 cm³/mol. The zero-order valence-corrected chi connectivity index (χ0v) is 34.6. The molecule has 11 nitrogen and oxygen atoms in total. The van der Waals surface area contributed by atoms with Crippen molar-refractivity contribution < 1.29 is 59.0 Å². The molecule has 3 heterocycles. The van der Waals surface area contributed by atoms with E-state index in [2.05, 4.69) is 46.9 Å². The number of methoxy groups -OCH3 is 4. The van der Waals surface area contributed by atoms with Crippen molar-refractivity contribution in [3.63, 3.8) is 0 Å². The van der Waals surface area contributed by atoms with Crippen LogP contribution in [0.4, 0.5) is 38.0 Å². The lowest BCUT2D eigenvalue weighted by Gasteiger charge is -2.26. The molecule has 5 rings (SSSR count). The molecule has 0 radical (unpaired) electrons. The van der Waals surface area contributed by atoms with Gasteiger partial charge >= 0.3 is 33.7 Å². The number of halogens is 7. The molecule has 0 amide bonds. The number of nitrogens with zero attached hydrogens (tertiary/aromatic N) is 2. The number of benzene rings is 2. The Morgan fingerprint density at radius 1 is 0.600 bits per heavy atom. The highest BCUT2D eigenvalue weighted by atomic mass is 127. The lowest BCUT2D eigenvalue weighted by atomic mass is 9.70. The summed E-state index contributed by atoms with van der Waals surface area (Å²) >= 11 is 1.83. The van der Waals surface area contributed by atoms with Crippen molar-refractivity contribution in [1.29, 1.82) is 0 Å². The summed E-state index contributed by atoms with van der Waals surface area (Å²) in [6.45, 7) is 14.7. The molecule has 0 atom stereocenters. The fourth-order valence-electron chi connectivity index (χ4n) is 4.83. The van der Waals surface area contributed by atoms with Crippen molar-refractivity contribution in [3.05, 3.63) is 137 Å². The quantitative estimate of drug-likeness (QED) is 0.0716. The summed E-state index contributed by atoms with van der Waals surface area (Å²) in [6, 6.07) is 15.6. The first-order chi connectivity index (χ1) is 28.0. The van der Waals surface area contributed by atoms with Crippen LogP contribution in [0.25, 0.3) is 6.08 Å². The fraction of sp³-hybridized carbons (Fsp3) is 0.231. The summed E-state index contributed by atoms with van der Waals surface area (Å²) in [7, 11) is 4.73. The number of anilines is 2. The van der Waals surface area contributed by atoms with E-state index in [4.69, 9.17) is 32.7 Å². The molecule has 21 heteroatoms. The van der Waals surface area contributed by atoms with Gasteiger partial charge in [-0.1, -0.05) is 50.1 Å². The van der Waals surface area contributed by atoms with Crippen LogP contribution in [0, 0.1) is 3.57 Å². The van der Waals surface area contributed by atoms with Crippen molar-refractivity contribution in [2.75, 3.05) is 39.1 Å². The first-order valence-electron chi connectivity index (χ1n) is 17.2. The molecule has 2 aromatic heterocycles. The van der Waals surface area contributed by atoms with Gasteiger partial charge in [0, 0.05) is 16.7 Å². The van der Waals surface area contributed by atoms with Crippen LogP contribution >= 0.6 is 22.6 Å². The highest BCUT2D eigenvalue weighted by molar-refractivity contribution is 14.1. The highest BCUT2D eigenvalue weighted by Crippen LogP contribution is 2.32. The molecule has 1 aliphatic heterocycles. The van der Waals surface area contributed by atoms with Crippen molar-refractivity contribution in [3.8, 4) is 23.0 Å². The van der Waals surface area contributed by atoms with E-state index in [0.29, 0.717) is 38.7 Å². The first-order valence-corrected chi connectivity index (χ1v) is 18.3. The average molecular weight is 954 g/mol. The molecule has 320 valence electrons. The Balaban J connectivity index is 0.000000324. The molecule has 60 heavy (non-hydrogen) atoms. The van der Waals surface area contributed by atoms with Crippen LogP contribution in [-0.2, 0) is 39.2 Å². The summed E-state index contributed by atoms with van der Waals surface area (Å²) in [4.78, 5) is 7.20. The van der Waals surface area contributed by atoms with E-state index in [0.717, 1.165) is 23.3 Å². The van der Waals surface area contributed by atoms with Gasteiger partial charge in [-0.25, -0.2) is 9.97 Å². The molecule has 0 unspecified atom stereocenters. The van der Waals surface area contributed by atoms with Gasteiger partial charge in [0.05, 0.1) is 28.4 Å². The van der Waals surface area contributed by atoms with Gasteiger partial charge in [0.25, 0.3) is 0 Å². The summed E-state index contributed by atoms with van der Waals surface area (Å²) < 4.78 is 114. The lowest BCUT2D eigenvalue weighted by molar-refractivity contribution is -0.141. The van der Waals surface area contributed by atoms with E-state index in [-0.39, 0.29) is 25.6 Å². The first kappa shape index (κ1) is 51.0. The van der Waals surface area contributed by atoms with Crippen LogP contribution in [0.3, 0.4) is 0 Å². The summed E-state index contributed by atoms with van der Waals surface area (Å²) in [6.07, 6.45) is -7.64. The summed E-state index contributed by atoms with van der Waals surface area (Å²) in [5, 5.41) is 5.77. The summed E-state index contributed by atoms with van der Waals surface area (Å²) in [5.41, 5.74) is 0.102. The second-order valence-electron chi connectivity index (χ2n) is 11.7. The Bertz CT molecular complexity index is 2010. The molecular formula is C39H44B3F6IN4O7. The molecule has 0 saturated carbocycles. The van der Waals surface area contributed by atoms with E-state index in [9.17, 15) is 26.3 Å². The van der Waals surface area contributed by atoms with Gasteiger partial charge < -0.3 is 43.3 Å². The van der Waals surface area contributed by atoms with E-state index in [1.54, 1.807) is 60.4 Å². The Morgan fingerprint density at radius 3 is 1.33 bits per heavy atom. The lowest BCUT2D eigenvalue weighted by Crippen LogP contribution is -2.46. The Hall–Kier alpha value is -5.12. The van der Waals surface area contributed by atoms with E-state index in [1.807, 2.05) is 22.6 Å². The Labute approximate surface area is 360 Å². The van der Waals surface area contributed by atoms with Gasteiger partial charge in [-0.3, -0.25) is 0 Å². The third-order valence-electron chi connectivity index (χ3n) is 7.68. The standard InChI is InChI=1S/C17H17F3N2O2.C15H14F3IN2O2.C6H9B3O3.CH4/c1-4-11-8-15(17(18,19)20)22-16(9-11)21-10-12-5-6-13(23-2)14(7-12)24-3;1-22-11-4-3-9(5-12(11)23-2)8-20-14-7-10(19)6-13(21-14)15(16,17)18;1-4-7-10-8(5-2)12-9(6-3)11-7;/h4-9H,1,10H2,2-3H3,(H,21,22);3-7H,8H2,1-2H3,(H,20,21);4-6H,1-3H2;1H4. The maximum Gasteiger partial charge on any atom is 0.458 e. The third-order valence-corrected chi connectivity index (χ3v) is 8.30. The van der Waals surface area contributed by atoms with E-state index in [1.165, 1.54) is 40.6 Å². The van der Waals surface area contributed by atoms with Crippen LogP contribution in [-0.4, -0.2) is 59.8 Å². The van der Waals surface area contributed by atoms with Gasteiger partial charge in [0.2, 0.25) is 0 Å². The smallest absolute Gasteiger partial charge is 0.458 e. The van der Waals surface area contributed by atoms with Crippen molar-refractivity contribution in [2.45, 2.75) is 32.9 Å². The maximum atomic E-state index is 12.9. The number of nitrogens with one attached hydrogen (secondary N) is 2. The van der Waals surface area contributed by atoms with Crippen molar-refractivity contribution >= 4 is 61.7 Å². The van der Waals surface area contributed by atoms with Crippen LogP contribution in [0.15, 0.2) is 105 Å². The van der Waals surface area contributed by atoms with Crippen LogP contribution in [0.2, 0.25) is 0 Å². The van der Waals surface area contributed by atoms with Crippen LogP contribution in [0.1, 0.15) is 35.5 Å². The molecule has 0 bridgehead atoms. The number of ether oxygens (including phenoxy) is 4. The van der Waals surface area contributed by atoms with Crippen LogP contribution < -0.4 is 29.6 Å². The van der Waals surface area contributed by atoms with Crippen LogP contribution in [0.5, 0.6) is 23.0 Å². The SMILES string of the molecule is C.C=CB1OB(C=C)OB(C=C)O1.C=Cc1cc(NCc2ccc(OC)c(OC)c2)nc(C(F)(F)F)c1.COc1ccc(CNc2cc(I)cc(C(F)(F)F)n2)cc1OC. The van der Waals surface area contributed by atoms with Crippen molar-refractivity contribution in [1.82, 2.24) is 9.97 Å². The second kappa shape index (κ2) is 24.2. The monoisotopic (exact) mass is 954 g/mol. The molecule has 1 saturated heterocycles.